The summed E-state index contributed by atoms with van der Waals surface area (Å²) in [6.45, 7) is 1.50. The van der Waals surface area contributed by atoms with E-state index in [2.05, 4.69) is 10.2 Å². The molecule has 0 unspecified atom stereocenters. The van der Waals surface area contributed by atoms with Crippen LogP contribution >= 0.6 is 0 Å². The average Bonchev–Trinajstić information content (AvgIpc) is 2.59. The van der Waals surface area contributed by atoms with E-state index in [0.29, 0.717) is 16.8 Å². The van der Waals surface area contributed by atoms with Gasteiger partial charge in [0.25, 0.3) is 0 Å². The summed E-state index contributed by atoms with van der Waals surface area (Å²) in [5, 5.41) is 7.93. The quantitative estimate of drug-likeness (QED) is 0.663. The van der Waals surface area contributed by atoms with Gasteiger partial charge in [0.1, 0.15) is 11.3 Å². The number of hydrogen-bond donors (Lipinski definition) is 0. The predicted octanol–water partition coefficient (Wildman–Crippen LogP) is 0.941. The van der Waals surface area contributed by atoms with Crippen LogP contribution in [0.4, 0.5) is 0 Å². The lowest BCUT2D eigenvalue weighted by Crippen LogP contribution is -1.96. The molecule has 0 bridgehead atoms. The fourth-order valence-electron chi connectivity index (χ4n) is 1.24. The van der Waals surface area contributed by atoms with Gasteiger partial charge in [0.2, 0.25) is 0 Å². The standard InChI is InChI=1S/C9H9N3O2/c1-6(13)8-5-11-12-9(8)3-7(14-2)4-10-12/h3-5H,1-2H3. The molecule has 2 aromatic heterocycles. The van der Waals surface area contributed by atoms with Crippen molar-refractivity contribution in [2.75, 3.05) is 7.11 Å². The molecule has 0 aromatic carbocycles. The van der Waals surface area contributed by atoms with Crippen LogP contribution in [0.1, 0.15) is 17.3 Å². The van der Waals surface area contributed by atoms with E-state index >= 15 is 0 Å². The van der Waals surface area contributed by atoms with Gasteiger partial charge in [-0.15, -0.1) is 0 Å². The molecule has 0 spiro atoms. The molecule has 0 aliphatic carbocycles. The van der Waals surface area contributed by atoms with Gasteiger partial charge in [-0.1, -0.05) is 0 Å². The highest BCUT2D eigenvalue weighted by Gasteiger charge is 2.09. The minimum atomic E-state index is -0.0324. The van der Waals surface area contributed by atoms with Crippen molar-refractivity contribution < 1.29 is 9.53 Å². The minimum Gasteiger partial charge on any atom is -0.495 e. The molecule has 0 N–H and O–H groups in total. The molecule has 0 atom stereocenters. The fraction of sp³-hybridized carbons (Fsp3) is 0.222. The Morgan fingerprint density at radius 1 is 1.43 bits per heavy atom. The van der Waals surface area contributed by atoms with E-state index in [0.717, 1.165) is 0 Å². The summed E-state index contributed by atoms with van der Waals surface area (Å²) < 4.78 is 6.41. The number of carbonyl (C=O) groups is 1. The molecule has 14 heavy (non-hydrogen) atoms. The zero-order chi connectivity index (χ0) is 10.1. The first-order valence-corrected chi connectivity index (χ1v) is 4.11. The molecular weight excluding hydrogens is 182 g/mol. The molecular formula is C9H9N3O2. The lowest BCUT2D eigenvalue weighted by Gasteiger charge is -1.99. The van der Waals surface area contributed by atoms with Crippen LogP contribution in [0.5, 0.6) is 5.75 Å². The molecule has 0 saturated carbocycles. The lowest BCUT2D eigenvalue weighted by molar-refractivity contribution is 0.101. The smallest absolute Gasteiger partial charge is 0.163 e. The number of methoxy groups -OCH3 is 1. The van der Waals surface area contributed by atoms with Crippen molar-refractivity contribution in [1.82, 2.24) is 14.8 Å². The van der Waals surface area contributed by atoms with Crippen LogP contribution in [0.15, 0.2) is 18.5 Å². The Bertz CT molecular complexity index is 490. The molecule has 0 amide bonds. The van der Waals surface area contributed by atoms with Crippen LogP contribution in [0.2, 0.25) is 0 Å². The maximum atomic E-state index is 11.2. The van der Waals surface area contributed by atoms with Gasteiger partial charge in [0.05, 0.1) is 25.1 Å². The molecule has 0 fully saturated rings. The second-order valence-electron chi connectivity index (χ2n) is 2.88. The highest BCUT2D eigenvalue weighted by atomic mass is 16.5. The Morgan fingerprint density at radius 2 is 2.14 bits per heavy atom. The van der Waals surface area contributed by atoms with Gasteiger partial charge in [-0.25, -0.2) is 0 Å². The third-order valence-corrected chi connectivity index (χ3v) is 1.98. The highest BCUT2D eigenvalue weighted by molar-refractivity contribution is 6.00. The van der Waals surface area contributed by atoms with Crippen molar-refractivity contribution in [3.05, 3.63) is 24.0 Å². The second-order valence-corrected chi connectivity index (χ2v) is 2.88. The first-order chi connectivity index (χ1) is 6.72. The second kappa shape index (κ2) is 3.10. The van der Waals surface area contributed by atoms with Gasteiger partial charge >= 0.3 is 0 Å². The van der Waals surface area contributed by atoms with Crippen LogP contribution in [0, 0.1) is 0 Å². The Labute approximate surface area is 80.3 Å². The van der Waals surface area contributed by atoms with Gasteiger partial charge in [-0.2, -0.15) is 14.8 Å². The van der Waals surface area contributed by atoms with E-state index in [1.165, 1.54) is 17.8 Å². The summed E-state index contributed by atoms with van der Waals surface area (Å²) in [6, 6.07) is 1.73. The molecule has 0 radical (unpaired) electrons. The van der Waals surface area contributed by atoms with Crippen molar-refractivity contribution in [3.63, 3.8) is 0 Å². The summed E-state index contributed by atoms with van der Waals surface area (Å²) in [5.74, 6) is 0.579. The Kier molecular flexibility index (Phi) is 1.92. The number of carbonyl (C=O) groups excluding carboxylic acids is 1. The van der Waals surface area contributed by atoms with Crippen molar-refractivity contribution >= 4 is 11.3 Å². The number of fused-ring (bicyclic) bond motifs is 1. The summed E-state index contributed by atoms with van der Waals surface area (Å²) in [5.41, 5.74) is 1.22. The lowest BCUT2D eigenvalue weighted by atomic mass is 10.2. The van der Waals surface area contributed by atoms with Crippen molar-refractivity contribution in [2.45, 2.75) is 6.92 Å². The van der Waals surface area contributed by atoms with Crippen molar-refractivity contribution in [3.8, 4) is 5.75 Å². The molecule has 2 aromatic rings. The first-order valence-electron chi connectivity index (χ1n) is 4.11. The molecule has 0 aliphatic heterocycles. The molecule has 5 heteroatoms. The zero-order valence-electron chi connectivity index (χ0n) is 7.89. The normalized spacial score (nSPS) is 10.4. The number of ether oxygens (including phenoxy) is 1. The van der Waals surface area contributed by atoms with Crippen LogP contribution < -0.4 is 4.74 Å². The average molecular weight is 191 g/mol. The van der Waals surface area contributed by atoms with E-state index in [-0.39, 0.29) is 5.78 Å². The monoisotopic (exact) mass is 191 g/mol. The molecule has 72 valence electrons. The van der Waals surface area contributed by atoms with E-state index < -0.39 is 0 Å². The van der Waals surface area contributed by atoms with Crippen LogP contribution in [-0.4, -0.2) is 27.7 Å². The summed E-state index contributed by atoms with van der Waals surface area (Å²) in [4.78, 5) is 11.2. The molecule has 2 rings (SSSR count). The van der Waals surface area contributed by atoms with Crippen LogP contribution in [-0.2, 0) is 0 Å². The summed E-state index contributed by atoms with van der Waals surface area (Å²) in [6.07, 6.45) is 3.05. The molecule has 2 heterocycles. The van der Waals surface area contributed by atoms with Gasteiger partial charge < -0.3 is 4.74 Å². The number of aromatic nitrogens is 3. The predicted molar refractivity (Wildman–Crippen MR) is 49.5 cm³/mol. The maximum absolute atomic E-state index is 11.2. The maximum Gasteiger partial charge on any atom is 0.163 e. The van der Waals surface area contributed by atoms with Gasteiger partial charge in [-0.05, 0) is 6.92 Å². The Balaban J connectivity index is 2.69. The van der Waals surface area contributed by atoms with Crippen molar-refractivity contribution in [1.29, 1.82) is 0 Å². The summed E-state index contributed by atoms with van der Waals surface area (Å²) >= 11 is 0. The Morgan fingerprint density at radius 3 is 2.79 bits per heavy atom. The Hall–Kier alpha value is -1.91. The molecule has 0 saturated heterocycles. The number of hydrogen-bond acceptors (Lipinski definition) is 4. The number of nitrogens with zero attached hydrogens (tertiary/aromatic N) is 3. The third-order valence-electron chi connectivity index (χ3n) is 1.98. The SMILES string of the molecule is COc1cnn2ncc(C(C)=O)c2c1. The first kappa shape index (κ1) is 8.68. The third kappa shape index (κ3) is 1.22. The van der Waals surface area contributed by atoms with E-state index in [9.17, 15) is 4.79 Å². The number of Topliss-reactive ketones (excluding diaryl/α,β-unsaturated/α-hetero) is 1. The van der Waals surface area contributed by atoms with Crippen molar-refractivity contribution in [2.24, 2.45) is 0 Å². The van der Waals surface area contributed by atoms with E-state index in [1.807, 2.05) is 0 Å². The summed E-state index contributed by atoms with van der Waals surface area (Å²) in [7, 11) is 1.55. The van der Waals surface area contributed by atoms with Crippen LogP contribution in [0.25, 0.3) is 5.52 Å². The van der Waals surface area contributed by atoms with Gasteiger partial charge in [-0.3, -0.25) is 4.79 Å². The zero-order valence-corrected chi connectivity index (χ0v) is 7.89. The van der Waals surface area contributed by atoms with Gasteiger partial charge in [0, 0.05) is 6.07 Å². The number of rotatable bonds is 2. The molecule has 0 aliphatic rings. The van der Waals surface area contributed by atoms with Crippen LogP contribution in [0.3, 0.4) is 0 Å². The topological polar surface area (TPSA) is 56.5 Å². The molecule has 5 nitrogen and oxygen atoms in total. The number of ketones is 1. The largest absolute Gasteiger partial charge is 0.495 e. The minimum absolute atomic E-state index is 0.0324. The highest BCUT2D eigenvalue weighted by Crippen LogP contribution is 2.15. The van der Waals surface area contributed by atoms with Gasteiger partial charge in [0.15, 0.2) is 5.78 Å². The van der Waals surface area contributed by atoms with E-state index in [4.69, 9.17) is 4.74 Å². The fourth-order valence-corrected chi connectivity index (χ4v) is 1.24. The van der Waals surface area contributed by atoms with E-state index in [1.54, 1.807) is 19.4 Å².